The van der Waals surface area contributed by atoms with E-state index in [9.17, 15) is 4.79 Å². The molecular weight excluding hydrogens is 204 g/mol. The molecule has 0 aromatic rings. The monoisotopic (exact) mass is 228 g/mol. The van der Waals surface area contributed by atoms with Crippen LogP contribution in [0.3, 0.4) is 0 Å². The Kier molecular flexibility index (Phi) is 6.42. The summed E-state index contributed by atoms with van der Waals surface area (Å²) < 4.78 is 4.91. The van der Waals surface area contributed by atoms with Crippen LogP contribution in [0.5, 0.6) is 0 Å². The summed E-state index contributed by atoms with van der Waals surface area (Å²) in [4.78, 5) is 13.7. The lowest BCUT2D eigenvalue weighted by Gasteiger charge is -2.30. The summed E-state index contributed by atoms with van der Waals surface area (Å²) in [7, 11) is 1.57. The standard InChI is InChI=1S/C12H24N2O2/c1-3-7-14(12(15)10-16-2)9-11-5-4-6-13-8-11/h11,13H,3-10H2,1-2H3. The van der Waals surface area contributed by atoms with E-state index in [4.69, 9.17) is 4.74 Å². The summed E-state index contributed by atoms with van der Waals surface area (Å²) in [6.07, 6.45) is 3.46. The molecule has 1 aliphatic rings. The molecule has 1 fully saturated rings. The van der Waals surface area contributed by atoms with E-state index in [2.05, 4.69) is 12.2 Å². The number of hydrogen-bond acceptors (Lipinski definition) is 3. The molecule has 0 saturated carbocycles. The van der Waals surface area contributed by atoms with Crippen molar-refractivity contribution in [2.75, 3.05) is 39.9 Å². The number of methoxy groups -OCH3 is 1. The van der Waals surface area contributed by atoms with Gasteiger partial charge in [-0.1, -0.05) is 6.92 Å². The first-order valence-electron chi connectivity index (χ1n) is 6.25. The van der Waals surface area contributed by atoms with E-state index in [0.29, 0.717) is 5.92 Å². The fourth-order valence-electron chi connectivity index (χ4n) is 2.19. The lowest BCUT2D eigenvalue weighted by molar-refractivity contribution is -0.135. The van der Waals surface area contributed by atoms with Crippen molar-refractivity contribution in [3.63, 3.8) is 0 Å². The molecule has 0 aliphatic carbocycles. The van der Waals surface area contributed by atoms with E-state index in [1.807, 2.05) is 4.90 Å². The number of rotatable bonds is 6. The van der Waals surface area contributed by atoms with Crippen LogP contribution in [0, 0.1) is 5.92 Å². The lowest BCUT2D eigenvalue weighted by Crippen LogP contribution is -2.42. The van der Waals surface area contributed by atoms with E-state index in [1.54, 1.807) is 7.11 Å². The zero-order valence-corrected chi connectivity index (χ0v) is 10.5. The highest BCUT2D eigenvalue weighted by molar-refractivity contribution is 5.77. The molecule has 1 atom stereocenters. The molecule has 1 saturated heterocycles. The zero-order chi connectivity index (χ0) is 11.8. The summed E-state index contributed by atoms with van der Waals surface area (Å²) in [5.41, 5.74) is 0. The SMILES string of the molecule is CCCN(CC1CCCNC1)C(=O)COC. The molecule has 4 heteroatoms. The first-order valence-corrected chi connectivity index (χ1v) is 6.25. The molecule has 1 aliphatic heterocycles. The van der Waals surface area contributed by atoms with Gasteiger partial charge in [-0.3, -0.25) is 4.79 Å². The molecule has 1 amide bonds. The fourth-order valence-corrected chi connectivity index (χ4v) is 2.19. The van der Waals surface area contributed by atoms with Gasteiger partial charge < -0.3 is 15.0 Å². The minimum Gasteiger partial charge on any atom is -0.375 e. The molecule has 0 bridgehead atoms. The van der Waals surface area contributed by atoms with E-state index in [0.717, 1.165) is 32.6 Å². The summed E-state index contributed by atoms with van der Waals surface area (Å²) in [5, 5.41) is 3.38. The third kappa shape index (κ3) is 4.49. The Balaban J connectivity index is 2.39. The molecule has 0 aromatic carbocycles. The topological polar surface area (TPSA) is 41.6 Å². The Morgan fingerprint density at radius 1 is 1.56 bits per heavy atom. The van der Waals surface area contributed by atoms with Crippen molar-refractivity contribution in [2.24, 2.45) is 5.92 Å². The van der Waals surface area contributed by atoms with Crippen molar-refractivity contribution < 1.29 is 9.53 Å². The first kappa shape index (κ1) is 13.5. The number of amides is 1. The summed E-state index contributed by atoms with van der Waals surface area (Å²) in [5.74, 6) is 0.732. The van der Waals surface area contributed by atoms with Gasteiger partial charge in [0.1, 0.15) is 6.61 Å². The maximum absolute atomic E-state index is 11.8. The second kappa shape index (κ2) is 7.63. The molecule has 4 nitrogen and oxygen atoms in total. The fraction of sp³-hybridized carbons (Fsp3) is 0.917. The Labute approximate surface area is 98.3 Å². The average Bonchev–Trinajstić information content (AvgIpc) is 2.30. The number of carbonyl (C=O) groups excluding carboxylic acids is 1. The molecule has 94 valence electrons. The van der Waals surface area contributed by atoms with Gasteiger partial charge in [0.05, 0.1) is 0 Å². The van der Waals surface area contributed by atoms with Crippen molar-refractivity contribution in [1.29, 1.82) is 0 Å². The average molecular weight is 228 g/mol. The molecular formula is C12H24N2O2. The van der Waals surface area contributed by atoms with Gasteiger partial charge in [-0.15, -0.1) is 0 Å². The van der Waals surface area contributed by atoms with Crippen LogP contribution in [-0.2, 0) is 9.53 Å². The van der Waals surface area contributed by atoms with Crippen LogP contribution in [0.1, 0.15) is 26.2 Å². The zero-order valence-electron chi connectivity index (χ0n) is 10.5. The molecule has 0 spiro atoms. The Morgan fingerprint density at radius 2 is 2.38 bits per heavy atom. The van der Waals surface area contributed by atoms with Crippen LogP contribution < -0.4 is 5.32 Å². The minimum atomic E-state index is 0.120. The second-order valence-electron chi connectivity index (χ2n) is 4.49. The third-order valence-electron chi connectivity index (χ3n) is 2.99. The smallest absolute Gasteiger partial charge is 0.248 e. The van der Waals surface area contributed by atoms with Gasteiger partial charge in [-0.25, -0.2) is 0 Å². The minimum absolute atomic E-state index is 0.120. The number of carbonyl (C=O) groups is 1. The van der Waals surface area contributed by atoms with Gasteiger partial charge in [0.2, 0.25) is 5.91 Å². The van der Waals surface area contributed by atoms with Crippen LogP contribution in [0.4, 0.5) is 0 Å². The first-order chi connectivity index (χ1) is 7.77. The molecule has 1 N–H and O–H groups in total. The van der Waals surface area contributed by atoms with Gasteiger partial charge in [-0.2, -0.15) is 0 Å². The molecule has 0 aromatic heterocycles. The van der Waals surface area contributed by atoms with Crippen LogP contribution in [0.2, 0.25) is 0 Å². The van der Waals surface area contributed by atoms with Crippen LogP contribution >= 0.6 is 0 Å². The van der Waals surface area contributed by atoms with Gasteiger partial charge in [-0.05, 0) is 38.3 Å². The molecule has 0 radical (unpaired) electrons. The van der Waals surface area contributed by atoms with E-state index >= 15 is 0 Å². The Hall–Kier alpha value is -0.610. The quantitative estimate of drug-likeness (QED) is 0.733. The normalized spacial score (nSPS) is 20.8. The maximum atomic E-state index is 11.8. The van der Waals surface area contributed by atoms with Crippen molar-refractivity contribution in [3.8, 4) is 0 Å². The van der Waals surface area contributed by atoms with Gasteiger partial charge in [0.15, 0.2) is 0 Å². The summed E-state index contributed by atoms with van der Waals surface area (Å²) in [6.45, 7) is 6.20. The third-order valence-corrected chi connectivity index (χ3v) is 2.99. The van der Waals surface area contributed by atoms with Crippen molar-refractivity contribution in [2.45, 2.75) is 26.2 Å². The molecule has 1 rings (SSSR count). The van der Waals surface area contributed by atoms with Gasteiger partial charge in [0.25, 0.3) is 0 Å². The Bertz CT molecular complexity index is 203. The van der Waals surface area contributed by atoms with Crippen LogP contribution in [0.15, 0.2) is 0 Å². The van der Waals surface area contributed by atoms with Crippen LogP contribution in [0.25, 0.3) is 0 Å². The largest absolute Gasteiger partial charge is 0.375 e. The molecule has 16 heavy (non-hydrogen) atoms. The van der Waals surface area contributed by atoms with Gasteiger partial charge in [0, 0.05) is 20.2 Å². The number of nitrogens with one attached hydrogen (secondary N) is 1. The van der Waals surface area contributed by atoms with E-state index in [-0.39, 0.29) is 12.5 Å². The Morgan fingerprint density at radius 3 is 2.94 bits per heavy atom. The highest BCUT2D eigenvalue weighted by Gasteiger charge is 2.19. The number of nitrogens with zero attached hydrogens (tertiary/aromatic N) is 1. The predicted molar refractivity (Wildman–Crippen MR) is 64.3 cm³/mol. The lowest BCUT2D eigenvalue weighted by atomic mass is 9.99. The van der Waals surface area contributed by atoms with E-state index < -0.39 is 0 Å². The summed E-state index contributed by atoms with van der Waals surface area (Å²) in [6, 6.07) is 0. The van der Waals surface area contributed by atoms with Crippen molar-refractivity contribution in [3.05, 3.63) is 0 Å². The maximum Gasteiger partial charge on any atom is 0.248 e. The van der Waals surface area contributed by atoms with Crippen LogP contribution in [-0.4, -0.2) is 50.7 Å². The second-order valence-corrected chi connectivity index (χ2v) is 4.49. The molecule has 1 unspecified atom stereocenters. The highest BCUT2D eigenvalue weighted by atomic mass is 16.5. The summed E-state index contributed by atoms with van der Waals surface area (Å²) >= 11 is 0. The van der Waals surface area contributed by atoms with Crippen molar-refractivity contribution in [1.82, 2.24) is 10.2 Å². The number of ether oxygens (including phenoxy) is 1. The van der Waals surface area contributed by atoms with Gasteiger partial charge >= 0.3 is 0 Å². The van der Waals surface area contributed by atoms with Crippen molar-refractivity contribution >= 4 is 5.91 Å². The molecule has 1 heterocycles. The van der Waals surface area contributed by atoms with E-state index in [1.165, 1.54) is 12.8 Å². The number of hydrogen-bond donors (Lipinski definition) is 1. The highest BCUT2D eigenvalue weighted by Crippen LogP contribution is 2.12. The predicted octanol–water partition coefficient (Wildman–Crippen LogP) is 0.871. The number of piperidine rings is 1.